The topological polar surface area (TPSA) is 57.8 Å². The van der Waals surface area contributed by atoms with Gasteiger partial charge in [0.05, 0.1) is 11.9 Å². The predicted octanol–water partition coefficient (Wildman–Crippen LogP) is 2.02. The van der Waals surface area contributed by atoms with Crippen LogP contribution in [0, 0.1) is 5.82 Å². The molecule has 0 radical (unpaired) electrons. The smallest absolute Gasteiger partial charge is 0.243 e. The lowest BCUT2D eigenvalue weighted by molar-refractivity contribution is -0.116. The number of hydrogen-bond acceptors (Lipinski definition) is 2. The monoisotopic (exact) mass is 245 g/mol. The third-order valence-corrected chi connectivity index (χ3v) is 2.47. The van der Waals surface area contributed by atoms with Crippen LogP contribution < -0.4 is 5.32 Å². The summed E-state index contributed by atoms with van der Waals surface area (Å²) < 4.78 is 13.1. The Hall–Kier alpha value is -2.43. The maximum atomic E-state index is 13.1. The van der Waals surface area contributed by atoms with Gasteiger partial charge < -0.3 is 5.32 Å². The number of aromatic nitrogens is 2. The molecule has 0 aliphatic rings. The highest BCUT2D eigenvalue weighted by atomic mass is 19.1. The second-order valence-electron chi connectivity index (χ2n) is 3.70. The summed E-state index contributed by atoms with van der Waals surface area (Å²) in [6, 6.07) is 6.18. The summed E-state index contributed by atoms with van der Waals surface area (Å²) in [5.74, 6) is -0.579. The molecule has 0 fully saturated rings. The fourth-order valence-electron chi connectivity index (χ4n) is 1.59. The molecule has 0 aliphatic carbocycles. The standard InChI is InChI=1S/C13H12FN3O/c1-2-12(18)15-7-10-8-16-17-13(10)9-4-3-5-11(14)6-9/h2-6,8H,1,7H2,(H,15,18)(H,16,17). The van der Waals surface area contributed by atoms with E-state index < -0.39 is 0 Å². The van der Waals surface area contributed by atoms with Gasteiger partial charge in [0.2, 0.25) is 5.91 Å². The molecule has 1 aromatic heterocycles. The highest BCUT2D eigenvalue weighted by molar-refractivity contribution is 5.86. The SMILES string of the molecule is C=CC(=O)NCc1cn[nH]c1-c1cccc(F)c1. The van der Waals surface area contributed by atoms with Gasteiger partial charge in [-0.3, -0.25) is 9.89 Å². The van der Waals surface area contributed by atoms with E-state index in [4.69, 9.17) is 0 Å². The molecule has 0 bridgehead atoms. The molecular weight excluding hydrogens is 233 g/mol. The lowest BCUT2D eigenvalue weighted by atomic mass is 10.1. The van der Waals surface area contributed by atoms with E-state index >= 15 is 0 Å². The van der Waals surface area contributed by atoms with E-state index in [-0.39, 0.29) is 11.7 Å². The van der Waals surface area contributed by atoms with Crippen molar-refractivity contribution in [2.45, 2.75) is 6.54 Å². The van der Waals surface area contributed by atoms with Crippen LogP contribution in [0.2, 0.25) is 0 Å². The van der Waals surface area contributed by atoms with Crippen molar-refractivity contribution >= 4 is 5.91 Å². The number of nitrogens with zero attached hydrogens (tertiary/aromatic N) is 1. The number of carbonyl (C=O) groups excluding carboxylic acids is 1. The van der Waals surface area contributed by atoms with Crippen molar-refractivity contribution in [3.8, 4) is 11.3 Å². The molecule has 5 heteroatoms. The minimum absolute atomic E-state index is 0.263. The highest BCUT2D eigenvalue weighted by Gasteiger charge is 2.08. The van der Waals surface area contributed by atoms with Crippen molar-refractivity contribution in [3.63, 3.8) is 0 Å². The van der Waals surface area contributed by atoms with Crippen molar-refractivity contribution in [1.82, 2.24) is 15.5 Å². The second kappa shape index (κ2) is 5.27. The Labute approximate surface area is 104 Å². The summed E-state index contributed by atoms with van der Waals surface area (Å²) in [5, 5.41) is 9.35. The molecule has 4 nitrogen and oxygen atoms in total. The average Bonchev–Trinajstić information content (AvgIpc) is 2.84. The minimum atomic E-state index is -0.317. The van der Waals surface area contributed by atoms with E-state index in [9.17, 15) is 9.18 Å². The molecule has 0 unspecified atom stereocenters. The van der Waals surface area contributed by atoms with Crippen LogP contribution in [0.1, 0.15) is 5.56 Å². The van der Waals surface area contributed by atoms with E-state index in [0.717, 1.165) is 5.56 Å². The number of nitrogens with one attached hydrogen (secondary N) is 2. The number of aromatic amines is 1. The zero-order chi connectivity index (χ0) is 13.0. The third-order valence-electron chi connectivity index (χ3n) is 2.47. The zero-order valence-electron chi connectivity index (χ0n) is 9.61. The summed E-state index contributed by atoms with van der Waals surface area (Å²) in [6.45, 7) is 3.68. The van der Waals surface area contributed by atoms with Crippen LogP contribution in [0.5, 0.6) is 0 Å². The number of amides is 1. The Kier molecular flexibility index (Phi) is 3.52. The van der Waals surface area contributed by atoms with Gasteiger partial charge in [-0.2, -0.15) is 5.10 Å². The van der Waals surface area contributed by atoms with Gasteiger partial charge in [-0.1, -0.05) is 18.7 Å². The molecular formula is C13H12FN3O. The quantitative estimate of drug-likeness (QED) is 0.809. The van der Waals surface area contributed by atoms with Gasteiger partial charge >= 0.3 is 0 Å². The van der Waals surface area contributed by atoms with Crippen LogP contribution in [0.15, 0.2) is 43.1 Å². The van der Waals surface area contributed by atoms with Crippen molar-refractivity contribution in [1.29, 1.82) is 0 Å². The molecule has 0 saturated carbocycles. The molecule has 2 N–H and O–H groups in total. The first-order valence-corrected chi connectivity index (χ1v) is 5.39. The number of rotatable bonds is 4. The molecule has 0 aliphatic heterocycles. The third kappa shape index (κ3) is 2.63. The normalized spacial score (nSPS) is 10.1. The molecule has 1 amide bonds. The fraction of sp³-hybridized carbons (Fsp3) is 0.0769. The number of H-pyrrole nitrogens is 1. The van der Waals surface area contributed by atoms with Crippen LogP contribution in [0.4, 0.5) is 4.39 Å². The second-order valence-corrected chi connectivity index (χ2v) is 3.70. The van der Waals surface area contributed by atoms with Crippen molar-refractivity contribution < 1.29 is 9.18 Å². The molecule has 0 atom stereocenters. The fourth-order valence-corrected chi connectivity index (χ4v) is 1.59. The van der Waals surface area contributed by atoms with Crippen molar-refractivity contribution in [3.05, 3.63) is 54.5 Å². The number of benzene rings is 1. The molecule has 2 rings (SSSR count). The van der Waals surface area contributed by atoms with Crippen LogP contribution >= 0.6 is 0 Å². The maximum Gasteiger partial charge on any atom is 0.243 e. The molecule has 2 aromatic rings. The van der Waals surface area contributed by atoms with Crippen molar-refractivity contribution in [2.75, 3.05) is 0 Å². The van der Waals surface area contributed by atoms with E-state index in [1.807, 2.05) is 0 Å². The van der Waals surface area contributed by atoms with E-state index in [0.29, 0.717) is 17.8 Å². The first kappa shape index (κ1) is 12.0. The Balaban J connectivity index is 2.22. The zero-order valence-corrected chi connectivity index (χ0v) is 9.61. The number of hydrogen-bond donors (Lipinski definition) is 2. The van der Waals surface area contributed by atoms with Crippen LogP contribution in [0.3, 0.4) is 0 Å². The molecule has 0 spiro atoms. The number of halogens is 1. The Bertz CT molecular complexity index is 577. The van der Waals surface area contributed by atoms with Gasteiger partial charge in [-0.15, -0.1) is 0 Å². The van der Waals surface area contributed by atoms with Crippen molar-refractivity contribution in [2.24, 2.45) is 0 Å². The van der Waals surface area contributed by atoms with E-state index in [1.54, 1.807) is 18.3 Å². The first-order chi connectivity index (χ1) is 8.70. The Morgan fingerprint density at radius 2 is 2.39 bits per heavy atom. The molecule has 18 heavy (non-hydrogen) atoms. The highest BCUT2D eigenvalue weighted by Crippen LogP contribution is 2.21. The maximum absolute atomic E-state index is 13.1. The average molecular weight is 245 g/mol. The number of carbonyl (C=O) groups is 1. The summed E-state index contributed by atoms with van der Waals surface area (Å²) in [6.07, 6.45) is 2.80. The minimum Gasteiger partial charge on any atom is -0.348 e. The molecule has 92 valence electrons. The first-order valence-electron chi connectivity index (χ1n) is 5.39. The predicted molar refractivity (Wildman–Crippen MR) is 66.0 cm³/mol. The van der Waals surface area contributed by atoms with E-state index in [2.05, 4.69) is 22.1 Å². The van der Waals surface area contributed by atoms with Crippen LogP contribution in [-0.2, 0) is 11.3 Å². The lowest BCUT2D eigenvalue weighted by Crippen LogP contribution is -2.19. The van der Waals surface area contributed by atoms with Gasteiger partial charge in [0, 0.05) is 17.7 Å². The van der Waals surface area contributed by atoms with Gasteiger partial charge in [0.15, 0.2) is 0 Å². The van der Waals surface area contributed by atoms with Gasteiger partial charge in [-0.25, -0.2) is 4.39 Å². The van der Waals surface area contributed by atoms with Gasteiger partial charge in [0.1, 0.15) is 5.82 Å². The Morgan fingerprint density at radius 3 is 3.11 bits per heavy atom. The summed E-state index contributed by atoms with van der Waals surface area (Å²) in [5.41, 5.74) is 2.17. The molecule has 0 saturated heterocycles. The molecule has 1 aromatic carbocycles. The van der Waals surface area contributed by atoms with Gasteiger partial charge in [0.25, 0.3) is 0 Å². The molecule has 1 heterocycles. The summed E-state index contributed by atoms with van der Waals surface area (Å²) >= 11 is 0. The van der Waals surface area contributed by atoms with Crippen LogP contribution in [-0.4, -0.2) is 16.1 Å². The summed E-state index contributed by atoms with van der Waals surface area (Å²) in [4.78, 5) is 11.1. The van der Waals surface area contributed by atoms with Gasteiger partial charge in [-0.05, 0) is 18.2 Å². The largest absolute Gasteiger partial charge is 0.348 e. The van der Waals surface area contributed by atoms with Crippen LogP contribution in [0.25, 0.3) is 11.3 Å². The van der Waals surface area contributed by atoms with E-state index in [1.165, 1.54) is 18.2 Å². The Morgan fingerprint density at radius 1 is 1.56 bits per heavy atom. The summed E-state index contributed by atoms with van der Waals surface area (Å²) in [7, 11) is 0. The lowest BCUT2D eigenvalue weighted by Gasteiger charge is -2.04.